The molecule has 1 aliphatic rings. The number of rotatable bonds is 12. The van der Waals surface area contributed by atoms with Crippen LogP contribution in [0.5, 0.6) is 5.75 Å². The molecule has 1 saturated heterocycles. The van der Waals surface area contributed by atoms with Crippen LogP contribution in [0.3, 0.4) is 0 Å². The number of aryl methyl sites for hydroxylation is 1. The maximum atomic E-state index is 14.5. The smallest absolute Gasteiger partial charge is 0.407 e. The van der Waals surface area contributed by atoms with Gasteiger partial charge >= 0.3 is 6.09 Å². The van der Waals surface area contributed by atoms with Crippen LogP contribution < -0.4 is 20.7 Å². The molecule has 3 atom stereocenters. The molecule has 0 unspecified atom stereocenters. The standard InChI is InChI=1S/C37H37FN4O5/c1-45-37(44)42-35(34(26-10-4-2-5-11-26)27-12-6-3-7-13-27)36(43)41-33-18-16-29(38)20-28(33)15-17-31-22-40-23-32(47-31)24-46-30-14-8-9-25(19-30)21-39/h2-14,16,18-20,31-32,34-35,40H,15,17,22-24H2,1H3,(H,41,43)(H,42,44)/t31-,32+,35+/m1/s1. The SMILES string of the molecule is COC(=O)N[C@H](C(=O)Nc1ccc(F)cc1CC[C@@H]1CNC[C@@H](COc2cccc(C#N)c2)O1)C(c1ccccc1)c1ccccc1. The summed E-state index contributed by atoms with van der Waals surface area (Å²) in [4.78, 5) is 26.5. The van der Waals surface area contributed by atoms with Crippen molar-refractivity contribution < 1.29 is 28.2 Å². The van der Waals surface area contributed by atoms with E-state index >= 15 is 0 Å². The minimum absolute atomic E-state index is 0.177. The van der Waals surface area contributed by atoms with Gasteiger partial charge in [-0.2, -0.15) is 5.26 Å². The van der Waals surface area contributed by atoms with E-state index in [1.165, 1.54) is 25.3 Å². The number of hydrogen-bond acceptors (Lipinski definition) is 7. The molecule has 0 aliphatic carbocycles. The molecule has 4 aromatic carbocycles. The van der Waals surface area contributed by atoms with E-state index in [4.69, 9.17) is 19.5 Å². The van der Waals surface area contributed by atoms with E-state index in [2.05, 4.69) is 22.0 Å². The molecule has 10 heteroatoms. The van der Waals surface area contributed by atoms with E-state index in [1.54, 1.807) is 24.3 Å². The lowest BCUT2D eigenvalue weighted by Gasteiger charge is -2.31. The molecule has 5 rings (SSSR count). The van der Waals surface area contributed by atoms with Crippen molar-refractivity contribution in [3.8, 4) is 11.8 Å². The molecule has 0 saturated carbocycles. The number of carbonyl (C=O) groups excluding carboxylic acids is 2. The molecule has 0 radical (unpaired) electrons. The van der Waals surface area contributed by atoms with Crippen molar-refractivity contribution in [2.24, 2.45) is 0 Å². The van der Waals surface area contributed by atoms with Crippen LogP contribution >= 0.6 is 0 Å². The molecular formula is C37H37FN4O5. The maximum Gasteiger partial charge on any atom is 0.407 e. The molecule has 1 fully saturated rings. The second-order valence-electron chi connectivity index (χ2n) is 11.2. The minimum Gasteiger partial charge on any atom is -0.491 e. The van der Waals surface area contributed by atoms with E-state index in [0.29, 0.717) is 55.1 Å². The Morgan fingerprint density at radius 1 is 0.957 bits per heavy atom. The number of amides is 2. The first kappa shape index (κ1) is 33.1. The second-order valence-corrected chi connectivity index (χ2v) is 11.2. The highest BCUT2D eigenvalue weighted by atomic mass is 19.1. The Hall–Kier alpha value is -5.24. The number of alkyl carbamates (subject to hydrolysis) is 1. The van der Waals surface area contributed by atoms with Gasteiger partial charge in [0.15, 0.2) is 0 Å². The molecular weight excluding hydrogens is 599 g/mol. The van der Waals surface area contributed by atoms with E-state index in [0.717, 1.165) is 11.1 Å². The number of methoxy groups -OCH3 is 1. The van der Waals surface area contributed by atoms with Crippen LogP contribution in [0.1, 0.15) is 34.6 Å². The Labute approximate surface area is 273 Å². The molecule has 0 bridgehead atoms. The highest BCUT2D eigenvalue weighted by Crippen LogP contribution is 2.30. The quantitative estimate of drug-likeness (QED) is 0.186. The number of benzene rings is 4. The Morgan fingerprint density at radius 2 is 1.66 bits per heavy atom. The molecule has 0 aromatic heterocycles. The average molecular weight is 637 g/mol. The number of carbonyl (C=O) groups is 2. The maximum absolute atomic E-state index is 14.5. The topological polar surface area (TPSA) is 122 Å². The van der Waals surface area contributed by atoms with Gasteiger partial charge in [-0.25, -0.2) is 9.18 Å². The van der Waals surface area contributed by atoms with Gasteiger partial charge in [-0.1, -0.05) is 66.7 Å². The van der Waals surface area contributed by atoms with Crippen LogP contribution in [-0.4, -0.2) is 57.1 Å². The number of ether oxygens (including phenoxy) is 3. The minimum atomic E-state index is -1.05. The third kappa shape index (κ3) is 9.16. The third-order valence-electron chi connectivity index (χ3n) is 7.98. The van der Waals surface area contributed by atoms with Gasteiger partial charge in [-0.3, -0.25) is 4.79 Å². The van der Waals surface area contributed by atoms with E-state index in [-0.39, 0.29) is 12.2 Å². The first-order chi connectivity index (χ1) is 22.9. The summed E-state index contributed by atoms with van der Waals surface area (Å²) in [6.45, 7) is 1.52. The molecule has 1 heterocycles. The zero-order chi connectivity index (χ0) is 33.0. The first-order valence-corrected chi connectivity index (χ1v) is 15.5. The van der Waals surface area contributed by atoms with Crippen LogP contribution in [0.25, 0.3) is 0 Å². The number of halogens is 1. The van der Waals surface area contributed by atoms with Gasteiger partial charge in [-0.05, 0) is 65.9 Å². The summed E-state index contributed by atoms with van der Waals surface area (Å²) in [5.74, 6) is -0.850. The van der Waals surface area contributed by atoms with Crippen molar-refractivity contribution >= 4 is 17.7 Å². The molecule has 0 spiro atoms. The van der Waals surface area contributed by atoms with Crippen molar-refractivity contribution in [1.82, 2.24) is 10.6 Å². The monoisotopic (exact) mass is 636 g/mol. The van der Waals surface area contributed by atoms with Crippen molar-refractivity contribution in [2.45, 2.75) is 37.0 Å². The summed E-state index contributed by atoms with van der Waals surface area (Å²) in [5, 5.41) is 18.2. The third-order valence-corrected chi connectivity index (χ3v) is 7.98. The largest absolute Gasteiger partial charge is 0.491 e. The van der Waals surface area contributed by atoms with Crippen molar-refractivity contribution in [3.63, 3.8) is 0 Å². The fourth-order valence-electron chi connectivity index (χ4n) is 5.69. The normalized spacial score (nSPS) is 16.5. The lowest BCUT2D eigenvalue weighted by atomic mass is 9.84. The number of nitriles is 1. The van der Waals surface area contributed by atoms with Gasteiger partial charge < -0.3 is 30.2 Å². The highest BCUT2D eigenvalue weighted by Gasteiger charge is 2.33. The second kappa shape index (κ2) is 16.4. The molecule has 47 heavy (non-hydrogen) atoms. The molecule has 3 N–H and O–H groups in total. The summed E-state index contributed by atoms with van der Waals surface area (Å²) >= 11 is 0. The van der Waals surface area contributed by atoms with Gasteiger partial charge in [0.25, 0.3) is 0 Å². The number of anilines is 1. The highest BCUT2D eigenvalue weighted by molar-refractivity contribution is 5.98. The Bertz CT molecular complexity index is 1640. The van der Waals surface area contributed by atoms with Crippen LogP contribution in [0, 0.1) is 17.1 Å². The lowest BCUT2D eigenvalue weighted by molar-refractivity contribution is -0.118. The summed E-state index contributed by atoms with van der Waals surface area (Å²) in [5.41, 5.74) is 3.21. The first-order valence-electron chi connectivity index (χ1n) is 15.5. The summed E-state index contributed by atoms with van der Waals surface area (Å²) in [6, 6.07) is 31.1. The zero-order valence-electron chi connectivity index (χ0n) is 26.0. The summed E-state index contributed by atoms with van der Waals surface area (Å²) < 4.78 is 31.5. The van der Waals surface area contributed by atoms with Crippen LogP contribution in [-0.2, 0) is 20.7 Å². The summed E-state index contributed by atoms with van der Waals surface area (Å²) in [6.07, 6.45) is -0.166. The molecule has 4 aromatic rings. The lowest BCUT2D eigenvalue weighted by Crippen LogP contribution is -2.48. The Morgan fingerprint density at radius 3 is 2.34 bits per heavy atom. The van der Waals surface area contributed by atoms with Crippen molar-refractivity contribution in [2.75, 3.05) is 32.1 Å². The fourth-order valence-corrected chi connectivity index (χ4v) is 5.69. The number of nitrogens with one attached hydrogen (secondary N) is 3. The van der Waals surface area contributed by atoms with Gasteiger partial charge in [0.2, 0.25) is 5.91 Å². The molecule has 2 amide bonds. The summed E-state index contributed by atoms with van der Waals surface area (Å²) in [7, 11) is 1.24. The van der Waals surface area contributed by atoms with Gasteiger partial charge in [-0.15, -0.1) is 0 Å². The van der Waals surface area contributed by atoms with Crippen LogP contribution in [0.4, 0.5) is 14.9 Å². The van der Waals surface area contributed by atoms with E-state index in [9.17, 15) is 14.0 Å². The number of morpholine rings is 1. The molecule has 1 aliphatic heterocycles. The van der Waals surface area contributed by atoms with E-state index < -0.39 is 29.8 Å². The van der Waals surface area contributed by atoms with Gasteiger partial charge in [0.1, 0.15) is 30.3 Å². The Kier molecular flexibility index (Phi) is 11.5. The molecule has 242 valence electrons. The van der Waals surface area contributed by atoms with Crippen molar-refractivity contribution in [3.05, 3.63) is 131 Å². The van der Waals surface area contributed by atoms with Gasteiger partial charge in [0, 0.05) is 24.7 Å². The predicted octanol–water partition coefficient (Wildman–Crippen LogP) is 5.56. The predicted molar refractivity (Wildman–Crippen MR) is 176 cm³/mol. The van der Waals surface area contributed by atoms with Crippen LogP contribution in [0.15, 0.2) is 103 Å². The average Bonchev–Trinajstić information content (AvgIpc) is 3.11. The number of hydrogen-bond donors (Lipinski definition) is 3. The molecule has 9 nitrogen and oxygen atoms in total. The van der Waals surface area contributed by atoms with Crippen molar-refractivity contribution in [1.29, 1.82) is 5.26 Å². The zero-order valence-corrected chi connectivity index (χ0v) is 26.0. The van der Waals surface area contributed by atoms with Crippen LogP contribution in [0.2, 0.25) is 0 Å². The fraction of sp³-hybridized carbons (Fsp3) is 0.270. The van der Waals surface area contributed by atoms with Gasteiger partial charge in [0.05, 0.1) is 24.8 Å². The van der Waals surface area contributed by atoms with E-state index in [1.807, 2.05) is 60.7 Å². The number of nitrogens with zero attached hydrogens (tertiary/aromatic N) is 1. The Balaban J connectivity index is 1.29.